The van der Waals surface area contributed by atoms with Crippen molar-refractivity contribution in [2.24, 2.45) is 0 Å². The van der Waals surface area contributed by atoms with E-state index in [9.17, 15) is 5.11 Å². The van der Waals surface area contributed by atoms with Crippen LogP contribution in [0.1, 0.15) is 42.4 Å². The predicted octanol–water partition coefficient (Wildman–Crippen LogP) is 2.75. The van der Waals surface area contributed by atoms with Gasteiger partial charge in [0.2, 0.25) is 0 Å². The highest BCUT2D eigenvalue weighted by molar-refractivity contribution is 5.33. The van der Waals surface area contributed by atoms with Gasteiger partial charge in [0.1, 0.15) is 0 Å². The van der Waals surface area contributed by atoms with Crippen molar-refractivity contribution in [2.75, 3.05) is 7.05 Å². The molecule has 3 rings (SSSR count). The number of nitrogens with zero attached hydrogens (tertiary/aromatic N) is 1. The molecule has 2 unspecified atom stereocenters. The van der Waals surface area contributed by atoms with Crippen LogP contribution in [0.5, 0.6) is 0 Å². The Hall–Kier alpha value is -0.860. The minimum absolute atomic E-state index is 0.564. The third-order valence-corrected chi connectivity index (χ3v) is 4.89. The van der Waals surface area contributed by atoms with E-state index >= 15 is 0 Å². The number of hydrogen-bond donors (Lipinski definition) is 1. The number of benzene rings is 1. The lowest BCUT2D eigenvalue weighted by atomic mass is 9.80. The van der Waals surface area contributed by atoms with Gasteiger partial charge in [-0.25, -0.2) is 0 Å². The van der Waals surface area contributed by atoms with Crippen molar-refractivity contribution in [1.29, 1.82) is 0 Å². The van der Waals surface area contributed by atoms with Gasteiger partial charge in [-0.1, -0.05) is 29.3 Å². The van der Waals surface area contributed by atoms with E-state index in [0.717, 1.165) is 18.4 Å². The number of aryl methyl sites for hydroxylation is 2. The van der Waals surface area contributed by atoms with Gasteiger partial charge < -0.3 is 10.0 Å². The Morgan fingerprint density at radius 3 is 2.06 bits per heavy atom. The second kappa shape index (κ2) is 4.07. The molecule has 0 radical (unpaired) electrons. The van der Waals surface area contributed by atoms with Gasteiger partial charge >= 0.3 is 0 Å². The van der Waals surface area contributed by atoms with Crippen LogP contribution in [-0.4, -0.2) is 29.1 Å². The number of hydrogen-bond acceptors (Lipinski definition) is 2. The Balaban J connectivity index is 1.96. The molecular formula is C16H23NO. The first-order valence-electron chi connectivity index (χ1n) is 7.01. The highest BCUT2D eigenvalue weighted by atomic mass is 16.3. The standard InChI is InChI=1S/C16H23NO/c1-11-6-12(2)8-13(7-11)16(18)9-14-4-5-15(10-16)17(14)3/h6-8,14-15,18H,4-5,9-10H2,1-3H3. The zero-order valence-corrected chi connectivity index (χ0v) is 11.6. The second-order valence-corrected chi connectivity index (χ2v) is 6.37. The molecule has 0 spiro atoms. The minimum Gasteiger partial charge on any atom is -0.385 e. The average Bonchev–Trinajstić information content (AvgIpc) is 2.52. The van der Waals surface area contributed by atoms with Crippen LogP contribution in [0.2, 0.25) is 0 Å². The van der Waals surface area contributed by atoms with Crippen molar-refractivity contribution < 1.29 is 5.11 Å². The molecule has 1 N–H and O–H groups in total. The van der Waals surface area contributed by atoms with Gasteiger partial charge in [0.25, 0.3) is 0 Å². The third-order valence-electron chi connectivity index (χ3n) is 4.89. The normalized spacial score (nSPS) is 36.0. The summed E-state index contributed by atoms with van der Waals surface area (Å²) in [5.74, 6) is 0. The average molecular weight is 245 g/mol. The van der Waals surface area contributed by atoms with Crippen LogP contribution in [0.15, 0.2) is 18.2 Å². The SMILES string of the molecule is Cc1cc(C)cc(C2(O)CC3CCC(C2)N3C)c1. The molecule has 2 heteroatoms. The smallest absolute Gasteiger partial charge is 0.0926 e. The molecule has 2 aliphatic heterocycles. The molecule has 2 saturated heterocycles. The molecule has 0 amide bonds. The largest absolute Gasteiger partial charge is 0.385 e. The van der Waals surface area contributed by atoms with Gasteiger partial charge in [0.05, 0.1) is 5.60 Å². The van der Waals surface area contributed by atoms with E-state index in [1.165, 1.54) is 24.0 Å². The second-order valence-electron chi connectivity index (χ2n) is 6.37. The summed E-state index contributed by atoms with van der Waals surface area (Å²) in [7, 11) is 2.21. The molecule has 18 heavy (non-hydrogen) atoms. The lowest BCUT2D eigenvalue weighted by Gasteiger charge is -2.42. The van der Waals surface area contributed by atoms with E-state index in [1.54, 1.807) is 0 Å². The molecule has 0 saturated carbocycles. The van der Waals surface area contributed by atoms with Crippen molar-refractivity contribution in [3.05, 3.63) is 34.9 Å². The van der Waals surface area contributed by atoms with Crippen molar-refractivity contribution >= 4 is 0 Å². The van der Waals surface area contributed by atoms with Gasteiger partial charge in [-0.05, 0) is 52.1 Å². The van der Waals surface area contributed by atoms with Crippen LogP contribution in [0.4, 0.5) is 0 Å². The van der Waals surface area contributed by atoms with E-state index in [0.29, 0.717) is 12.1 Å². The zero-order valence-electron chi connectivity index (χ0n) is 11.6. The molecule has 0 aliphatic carbocycles. The molecule has 0 aromatic heterocycles. The first kappa shape index (κ1) is 12.2. The van der Waals surface area contributed by atoms with Crippen LogP contribution < -0.4 is 0 Å². The van der Waals surface area contributed by atoms with Crippen molar-refractivity contribution in [2.45, 2.75) is 57.2 Å². The lowest BCUT2D eigenvalue weighted by molar-refractivity contribution is -0.0493. The molecule has 2 bridgehead atoms. The van der Waals surface area contributed by atoms with Crippen molar-refractivity contribution in [1.82, 2.24) is 4.90 Å². The predicted molar refractivity (Wildman–Crippen MR) is 73.6 cm³/mol. The van der Waals surface area contributed by atoms with E-state index in [4.69, 9.17) is 0 Å². The fourth-order valence-electron chi connectivity index (χ4n) is 3.92. The fourth-order valence-corrected chi connectivity index (χ4v) is 3.92. The Morgan fingerprint density at radius 1 is 1.06 bits per heavy atom. The van der Waals surface area contributed by atoms with Gasteiger partial charge in [-0.3, -0.25) is 0 Å². The number of fused-ring (bicyclic) bond motifs is 2. The van der Waals surface area contributed by atoms with Crippen LogP contribution in [-0.2, 0) is 5.60 Å². The van der Waals surface area contributed by atoms with Crippen LogP contribution in [0.25, 0.3) is 0 Å². The Morgan fingerprint density at radius 2 is 1.56 bits per heavy atom. The van der Waals surface area contributed by atoms with Crippen LogP contribution >= 0.6 is 0 Å². The molecule has 2 atom stereocenters. The Bertz CT molecular complexity index is 434. The highest BCUT2D eigenvalue weighted by Crippen LogP contribution is 2.45. The maximum Gasteiger partial charge on any atom is 0.0926 e. The summed E-state index contributed by atoms with van der Waals surface area (Å²) < 4.78 is 0. The quantitative estimate of drug-likeness (QED) is 0.822. The van der Waals surface area contributed by atoms with Crippen LogP contribution in [0.3, 0.4) is 0 Å². The van der Waals surface area contributed by atoms with Gasteiger partial charge in [0.15, 0.2) is 0 Å². The number of piperidine rings is 1. The van der Waals surface area contributed by atoms with Gasteiger partial charge in [-0.2, -0.15) is 0 Å². The van der Waals surface area contributed by atoms with E-state index in [2.05, 4.69) is 44.0 Å². The maximum absolute atomic E-state index is 11.1. The van der Waals surface area contributed by atoms with E-state index in [-0.39, 0.29) is 0 Å². The van der Waals surface area contributed by atoms with E-state index in [1.807, 2.05) is 0 Å². The topological polar surface area (TPSA) is 23.5 Å². The lowest BCUT2D eigenvalue weighted by Crippen LogP contribution is -2.47. The summed E-state index contributed by atoms with van der Waals surface area (Å²) in [4.78, 5) is 2.47. The van der Waals surface area contributed by atoms with Gasteiger partial charge in [-0.15, -0.1) is 0 Å². The summed E-state index contributed by atoms with van der Waals surface area (Å²) >= 11 is 0. The maximum atomic E-state index is 11.1. The summed E-state index contributed by atoms with van der Waals surface area (Å²) in [6.07, 6.45) is 4.27. The zero-order chi connectivity index (χ0) is 12.9. The number of rotatable bonds is 1. The summed E-state index contributed by atoms with van der Waals surface area (Å²) in [6, 6.07) is 7.63. The third kappa shape index (κ3) is 1.88. The molecule has 2 aliphatic rings. The Kier molecular flexibility index (Phi) is 2.76. The highest BCUT2D eigenvalue weighted by Gasteiger charge is 2.46. The first-order valence-corrected chi connectivity index (χ1v) is 7.01. The molecule has 1 aromatic carbocycles. The monoisotopic (exact) mass is 245 g/mol. The molecule has 1 aromatic rings. The molecule has 2 nitrogen and oxygen atoms in total. The fraction of sp³-hybridized carbons (Fsp3) is 0.625. The van der Waals surface area contributed by atoms with Crippen LogP contribution in [0, 0.1) is 13.8 Å². The Labute approximate surface area is 110 Å². The molecule has 2 fully saturated rings. The number of aliphatic hydroxyl groups is 1. The van der Waals surface area contributed by atoms with Crippen molar-refractivity contribution in [3.8, 4) is 0 Å². The minimum atomic E-state index is -0.602. The van der Waals surface area contributed by atoms with Crippen molar-refractivity contribution in [3.63, 3.8) is 0 Å². The molecule has 2 heterocycles. The van der Waals surface area contributed by atoms with Gasteiger partial charge in [0, 0.05) is 12.1 Å². The molecular weight excluding hydrogens is 222 g/mol. The first-order chi connectivity index (χ1) is 8.48. The summed E-state index contributed by atoms with van der Waals surface area (Å²) in [6.45, 7) is 4.23. The summed E-state index contributed by atoms with van der Waals surface area (Å²) in [5, 5.41) is 11.1. The van der Waals surface area contributed by atoms with E-state index < -0.39 is 5.60 Å². The molecule has 98 valence electrons. The summed E-state index contributed by atoms with van der Waals surface area (Å²) in [5.41, 5.74) is 3.04.